The molecule has 3 atom stereocenters. The van der Waals surface area contributed by atoms with Crippen molar-refractivity contribution in [1.29, 1.82) is 0 Å². The van der Waals surface area contributed by atoms with Gasteiger partial charge in [-0.15, -0.1) is 11.6 Å². The van der Waals surface area contributed by atoms with Crippen molar-refractivity contribution in [2.24, 2.45) is 11.8 Å². The van der Waals surface area contributed by atoms with E-state index in [0.29, 0.717) is 12.3 Å². The Morgan fingerprint density at radius 3 is 2.62 bits per heavy atom. The number of Topliss-reactive ketones (excluding diaryl/α,β-unsaturated/α-hetero) is 1. The molecule has 2 heteroatoms. The summed E-state index contributed by atoms with van der Waals surface area (Å²) in [7, 11) is 0. The van der Waals surface area contributed by atoms with Gasteiger partial charge in [-0.1, -0.05) is 19.1 Å². The maximum absolute atomic E-state index is 11.7. The second-order valence-electron chi connectivity index (χ2n) is 4.38. The van der Waals surface area contributed by atoms with Gasteiger partial charge in [0.15, 0.2) is 5.78 Å². The average Bonchev–Trinajstić information content (AvgIpc) is 2.00. The Kier molecular flexibility index (Phi) is 2.86. The highest BCUT2D eigenvalue weighted by atomic mass is 35.5. The van der Waals surface area contributed by atoms with Gasteiger partial charge in [0, 0.05) is 6.42 Å². The van der Waals surface area contributed by atoms with Gasteiger partial charge in [0.25, 0.3) is 0 Å². The zero-order valence-corrected chi connectivity index (χ0v) is 9.32. The average molecular weight is 201 g/mol. The summed E-state index contributed by atoms with van der Waals surface area (Å²) in [5, 5.41) is 0. The number of allylic oxidation sites excluding steroid dienone is 1. The molecule has 0 radical (unpaired) electrons. The Bertz CT molecular complexity index is 242. The lowest BCUT2D eigenvalue weighted by Gasteiger charge is -2.37. The fourth-order valence-corrected chi connectivity index (χ4v) is 1.97. The molecule has 0 aromatic heterocycles. The Balaban J connectivity index is 2.79. The fourth-order valence-electron chi connectivity index (χ4n) is 1.81. The molecule has 0 bridgehead atoms. The van der Waals surface area contributed by atoms with Gasteiger partial charge in [-0.25, -0.2) is 0 Å². The molecule has 0 unspecified atom stereocenters. The molecule has 74 valence electrons. The molecule has 1 rings (SSSR count). The second-order valence-corrected chi connectivity index (χ2v) is 5.17. The molecule has 13 heavy (non-hydrogen) atoms. The molecule has 0 amide bonds. The van der Waals surface area contributed by atoms with Crippen LogP contribution in [0, 0.1) is 11.8 Å². The molecule has 0 saturated heterocycles. The Hall–Kier alpha value is -0.300. The molecule has 0 aromatic carbocycles. The molecule has 0 spiro atoms. The highest BCUT2D eigenvalue weighted by molar-refractivity contribution is 6.35. The SMILES string of the molecule is C=C(C)[C@@H]1CC(=O)[C@](C)(Cl)[C@@H](C)C1. The fraction of sp³-hybridized carbons (Fsp3) is 0.727. The molecule has 0 heterocycles. The number of rotatable bonds is 1. The highest BCUT2D eigenvalue weighted by Gasteiger charge is 2.42. The van der Waals surface area contributed by atoms with Gasteiger partial charge in [-0.3, -0.25) is 4.79 Å². The molecule has 1 saturated carbocycles. The monoisotopic (exact) mass is 200 g/mol. The Morgan fingerprint density at radius 1 is 1.69 bits per heavy atom. The second kappa shape index (κ2) is 3.45. The van der Waals surface area contributed by atoms with Gasteiger partial charge in [-0.05, 0) is 32.1 Å². The number of carbonyl (C=O) groups excluding carboxylic acids is 1. The molecule has 1 aliphatic carbocycles. The molecular formula is C11H17ClO. The smallest absolute Gasteiger partial charge is 0.154 e. The van der Waals surface area contributed by atoms with Crippen molar-refractivity contribution in [1.82, 2.24) is 0 Å². The third kappa shape index (κ3) is 1.96. The van der Waals surface area contributed by atoms with Crippen LogP contribution in [0.5, 0.6) is 0 Å². The van der Waals surface area contributed by atoms with Gasteiger partial charge in [-0.2, -0.15) is 0 Å². The minimum Gasteiger partial charge on any atom is -0.298 e. The van der Waals surface area contributed by atoms with E-state index in [1.807, 2.05) is 20.8 Å². The van der Waals surface area contributed by atoms with Crippen LogP contribution >= 0.6 is 11.6 Å². The van der Waals surface area contributed by atoms with Crippen molar-refractivity contribution in [3.8, 4) is 0 Å². The van der Waals surface area contributed by atoms with Crippen molar-refractivity contribution >= 4 is 17.4 Å². The largest absolute Gasteiger partial charge is 0.298 e. The van der Waals surface area contributed by atoms with Gasteiger partial charge < -0.3 is 0 Å². The molecule has 1 nitrogen and oxygen atoms in total. The first-order chi connectivity index (χ1) is 5.85. The number of alkyl halides is 1. The topological polar surface area (TPSA) is 17.1 Å². The quantitative estimate of drug-likeness (QED) is 0.470. The summed E-state index contributed by atoms with van der Waals surface area (Å²) >= 11 is 6.16. The van der Waals surface area contributed by atoms with Gasteiger partial charge in [0.2, 0.25) is 0 Å². The van der Waals surface area contributed by atoms with Crippen molar-refractivity contribution in [3.05, 3.63) is 12.2 Å². The van der Waals surface area contributed by atoms with Crippen molar-refractivity contribution in [2.75, 3.05) is 0 Å². The number of hydrogen-bond acceptors (Lipinski definition) is 1. The van der Waals surface area contributed by atoms with Crippen LogP contribution in [0.3, 0.4) is 0 Å². The first kappa shape index (κ1) is 10.8. The minimum atomic E-state index is -0.647. The minimum absolute atomic E-state index is 0.168. The molecule has 0 aliphatic heterocycles. The number of hydrogen-bond donors (Lipinski definition) is 0. The summed E-state index contributed by atoms with van der Waals surface area (Å²) in [6.45, 7) is 9.76. The maximum Gasteiger partial charge on any atom is 0.154 e. The Labute approximate surface area is 85.2 Å². The third-order valence-corrected chi connectivity index (χ3v) is 3.82. The summed E-state index contributed by atoms with van der Waals surface area (Å²) in [4.78, 5) is 11.0. The van der Waals surface area contributed by atoms with E-state index in [9.17, 15) is 4.79 Å². The normalized spacial score (nSPS) is 40.5. The van der Waals surface area contributed by atoms with Crippen molar-refractivity contribution < 1.29 is 4.79 Å². The maximum atomic E-state index is 11.7. The van der Waals surface area contributed by atoms with E-state index in [2.05, 4.69) is 6.58 Å². The first-order valence-electron chi connectivity index (χ1n) is 4.73. The van der Waals surface area contributed by atoms with Crippen LogP contribution in [0.1, 0.15) is 33.6 Å². The Morgan fingerprint density at radius 2 is 2.23 bits per heavy atom. The van der Waals surface area contributed by atoms with E-state index in [0.717, 1.165) is 12.0 Å². The predicted molar refractivity (Wildman–Crippen MR) is 56.0 cm³/mol. The van der Waals surface area contributed by atoms with E-state index in [1.54, 1.807) is 0 Å². The summed E-state index contributed by atoms with van der Waals surface area (Å²) in [6, 6.07) is 0. The van der Waals surface area contributed by atoms with E-state index < -0.39 is 4.87 Å². The molecule has 1 fully saturated rings. The van der Waals surface area contributed by atoms with Crippen molar-refractivity contribution in [2.45, 2.75) is 38.5 Å². The standard InChI is InChI=1S/C11H17ClO/c1-7(2)9-5-8(3)11(4,12)10(13)6-9/h8-9H,1,5-6H2,2-4H3/t8-,9-,11+/m0/s1. The lowest BCUT2D eigenvalue weighted by Crippen LogP contribution is -2.42. The summed E-state index contributed by atoms with van der Waals surface area (Å²) in [5.41, 5.74) is 1.10. The van der Waals surface area contributed by atoms with Crippen LogP contribution in [-0.4, -0.2) is 10.7 Å². The molecular weight excluding hydrogens is 184 g/mol. The van der Waals surface area contributed by atoms with E-state index in [-0.39, 0.29) is 11.7 Å². The number of carbonyl (C=O) groups is 1. The zero-order valence-electron chi connectivity index (χ0n) is 8.56. The van der Waals surface area contributed by atoms with Crippen molar-refractivity contribution in [3.63, 3.8) is 0 Å². The molecule has 1 aliphatic rings. The van der Waals surface area contributed by atoms with E-state index >= 15 is 0 Å². The summed E-state index contributed by atoms with van der Waals surface area (Å²) < 4.78 is 0. The van der Waals surface area contributed by atoms with Gasteiger partial charge >= 0.3 is 0 Å². The highest BCUT2D eigenvalue weighted by Crippen LogP contribution is 2.40. The third-order valence-electron chi connectivity index (χ3n) is 3.24. The first-order valence-corrected chi connectivity index (χ1v) is 5.11. The van der Waals surface area contributed by atoms with E-state index in [4.69, 9.17) is 11.6 Å². The van der Waals surface area contributed by atoms with Gasteiger partial charge in [0.1, 0.15) is 4.87 Å². The summed E-state index contributed by atoms with van der Waals surface area (Å²) in [6.07, 6.45) is 1.56. The molecule has 0 N–H and O–H groups in total. The van der Waals surface area contributed by atoms with Crippen LogP contribution < -0.4 is 0 Å². The van der Waals surface area contributed by atoms with Gasteiger partial charge in [0.05, 0.1) is 0 Å². The molecule has 0 aromatic rings. The van der Waals surface area contributed by atoms with Crippen LogP contribution in [0.15, 0.2) is 12.2 Å². The van der Waals surface area contributed by atoms with E-state index in [1.165, 1.54) is 0 Å². The zero-order chi connectivity index (χ0) is 10.2. The van der Waals surface area contributed by atoms with Crippen LogP contribution in [0.4, 0.5) is 0 Å². The van der Waals surface area contributed by atoms with Crippen LogP contribution in [0.2, 0.25) is 0 Å². The number of halogens is 1. The number of ketones is 1. The van der Waals surface area contributed by atoms with Crippen LogP contribution in [-0.2, 0) is 4.79 Å². The lowest BCUT2D eigenvalue weighted by atomic mass is 9.72. The predicted octanol–water partition coefficient (Wildman–Crippen LogP) is 3.18. The lowest BCUT2D eigenvalue weighted by molar-refractivity contribution is -0.125. The summed E-state index contributed by atoms with van der Waals surface area (Å²) in [5.74, 6) is 0.757. The van der Waals surface area contributed by atoms with Crippen LogP contribution in [0.25, 0.3) is 0 Å².